The fraction of sp³-hybridized carbons (Fsp3) is 0.500. The highest BCUT2D eigenvalue weighted by atomic mass is 32.1. The molecule has 6 nitrogen and oxygen atoms in total. The van der Waals surface area contributed by atoms with E-state index in [0.29, 0.717) is 18.8 Å². The summed E-state index contributed by atoms with van der Waals surface area (Å²) in [6.07, 6.45) is 4.37. The van der Waals surface area contributed by atoms with Crippen molar-refractivity contribution in [1.29, 1.82) is 0 Å². The van der Waals surface area contributed by atoms with Crippen LogP contribution in [0, 0.1) is 5.92 Å². The number of rotatable bonds is 5. The minimum Gasteiger partial charge on any atom is -0.454 e. The standard InChI is InChI=1S/C20H25N3O3S/c1-13-2-5-15(6-3-13)23(20(24)16-11-27-19(9-21)22-16)10-14-4-7-17-18(8-14)26-12-25-17/h4,7-8,11,13,15H,2-3,5-6,9-10,12,21H2,1H3. The quantitative estimate of drug-likeness (QED) is 0.849. The fourth-order valence-corrected chi connectivity index (χ4v) is 4.46. The van der Waals surface area contributed by atoms with Crippen molar-refractivity contribution >= 4 is 17.2 Å². The Balaban J connectivity index is 1.58. The largest absolute Gasteiger partial charge is 0.454 e. The molecule has 2 N–H and O–H groups in total. The van der Waals surface area contributed by atoms with Crippen LogP contribution in [0.25, 0.3) is 0 Å². The Morgan fingerprint density at radius 3 is 2.78 bits per heavy atom. The summed E-state index contributed by atoms with van der Waals surface area (Å²) < 4.78 is 10.9. The van der Waals surface area contributed by atoms with Gasteiger partial charge in [-0.25, -0.2) is 4.98 Å². The van der Waals surface area contributed by atoms with Crippen LogP contribution in [0.2, 0.25) is 0 Å². The number of aromatic nitrogens is 1. The molecule has 2 heterocycles. The predicted molar refractivity (Wildman–Crippen MR) is 104 cm³/mol. The number of fused-ring (bicyclic) bond motifs is 1. The van der Waals surface area contributed by atoms with E-state index in [9.17, 15) is 4.79 Å². The van der Waals surface area contributed by atoms with Crippen molar-refractivity contribution in [2.75, 3.05) is 6.79 Å². The monoisotopic (exact) mass is 387 g/mol. The number of ether oxygens (including phenoxy) is 2. The zero-order valence-electron chi connectivity index (χ0n) is 15.5. The molecule has 0 unspecified atom stereocenters. The summed E-state index contributed by atoms with van der Waals surface area (Å²) in [7, 11) is 0. The van der Waals surface area contributed by atoms with Gasteiger partial charge < -0.3 is 20.1 Å². The molecular weight excluding hydrogens is 362 g/mol. The Kier molecular flexibility index (Phi) is 5.31. The number of nitrogens with two attached hydrogens (primary N) is 1. The van der Waals surface area contributed by atoms with E-state index < -0.39 is 0 Å². The van der Waals surface area contributed by atoms with E-state index in [-0.39, 0.29) is 18.7 Å². The number of benzene rings is 1. The molecule has 27 heavy (non-hydrogen) atoms. The Labute approximate surface area is 163 Å². The maximum atomic E-state index is 13.3. The van der Waals surface area contributed by atoms with E-state index in [2.05, 4.69) is 11.9 Å². The molecule has 2 aromatic rings. The molecule has 0 radical (unpaired) electrons. The van der Waals surface area contributed by atoms with Crippen LogP contribution in [-0.2, 0) is 13.1 Å². The summed E-state index contributed by atoms with van der Waals surface area (Å²) in [6, 6.07) is 6.13. The van der Waals surface area contributed by atoms with Gasteiger partial charge in [0.15, 0.2) is 11.5 Å². The summed E-state index contributed by atoms with van der Waals surface area (Å²) in [5, 5.41) is 2.61. The first-order valence-corrected chi connectivity index (χ1v) is 10.4. The normalized spacial score (nSPS) is 21.3. The number of nitrogens with zero attached hydrogens (tertiary/aromatic N) is 2. The molecular formula is C20H25N3O3S. The highest BCUT2D eigenvalue weighted by Crippen LogP contribution is 2.34. The van der Waals surface area contributed by atoms with Gasteiger partial charge in [0.25, 0.3) is 5.91 Å². The van der Waals surface area contributed by atoms with Crippen molar-refractivity contribution in [2.24, 2.45) is 11.7 Å². The molecule has 0 bridgehead atoms. The molecule has 0 atom stereocenters. The van der Waals surface area contributed by atoms with Crippen LogP contribution >= 0.6 is 11.3 Å². The Hall–Kier alpha value is -2.12. The van der Waals surface area contributed by atoms with Crippen LogP contribution in [0.4, 0.5) is 0 Å². The van der Waals surface area contributed by atoms with E-state index >= 15 is 0 Å². The Morgan fingerprint density at radius 1 is 1.26 bits per heavy atom. The van der Waals surface area contributed by atoms with Crippen molar-refractivity contribution < 1.29 is 14.3 Å². The molecule has 1 aromatic heterocycles. The maximum Gasteiger partial charge on any atom is 0.273 e. The van der Waals surface area contributed by atoms with Gasteiger partial charge in [0.1, 0.15) is 10.7 Å². The third kappa shape index (κ3) is 3.94. The van der Waals surface area contributed by atoms with Crippen molar-refractivity contribution in [1.82, 2.24) is 9.88 Å². The molecule has 0 saturated heterocycles. The average Bonchev–Trinajstić information content (AvgIpc) is 3.35. The van der Waals surface area contributed by atoms with Gasteiger partial charge in [-0.15, -0.1) is 11.3 Å². The second kappa shape index (κ2) is 7.86. The lowest BCUT2D eigenvalue weighted by Gasteiger charge is -2.36. The Bertz CT molecular complexity index is 815. The third-order valence-electron chi connectivity index (χ3n) is 5.42. The summed E-state index contributed by atoms with van der Waals surface area (Å²) in [4.78, 5) is 19.7. The number of hydrogen-bond acceptors (Lipinski definition) is 6. The molecule has 1 saturated carbocycles. The van der Waals surface area contributed by atoms with Crippen molar-refractivity contribution in [3.8, 4) is 11.5 Å². The minimum absolute atomic E-state index is 0.0110. The minimum atomic E-state index is -0.0110. The highest BCUT2D eigenvalue weighted by Gasteiger charge is 2.30. The van der Waals surface area contributed by atoms with Gasteiger partial charge in [0.05, 0.1) is 0 Å². The summed E-state index contributed by atoms with van der Waals surface area (Å²) in [5.41, 5.74) is 7.21. The van der Waals surface area contributed by atoms with Gasteiger partial charge in [-0.1, -0.05) is 13.0 Å². The van der Waals surface area contributed by atoms with Crippen molar-refractivity contribution in [3.63, 3.8) is 0 Å². The summed E-state index contributed by atoms with van der Waals surface area (Å²) in [6.45, 7) is 3.45. The zero-order valence-corrected chi connectivity index (χ0v) is 16.3. The number of amides is 1. The van der Waals surface area contributed by atoms with Crippen LogP contribution in [0.1, 0.15) is 53.7 Å². The van der Waals surface area contributed by atoms with E-state index in [4.69, 9.17) is 15.2 Å². The molecule has 4 rings (SSSR count). The van der Waals surface area contributed by atoms with E-state index in [1.807, 2.05) is 28.5 Å². The summed E-state index contributed by atoms with van der Waals surface area (Å²) >= 11 is 1.44. The van der Waals surface area contributed by atoms with Crippen molar-refractivity contribution in [2.45, 2.75) is 51.7 Å². The van der Waals surface area contributed by atoms with Gasteiger partial charge in [-0.05, 0) is 49.3 Å². The molecule has 1 amide bonds. The lowest BCUT2D eigenvalue weighted by molar-refractivity contribution is 0.0587. The smallest absolute Gasteiger partial charge is 0.273 e. The van der Waals surface area contributed by atoms with Gasteiger partial charge in [-0.3, -0.25) is 4.79 Å². The lowest BCUT2D eigenvalue weighted by Crippen LogP contribution is -2.42. The Morgan fingerprint density at radius 2 is 2.04 bits per heavy atom. The molecule has 144 valence electrons. The second-order valence-corrected chi connectivity index (χ2v) is 8.31. The lowest BCUT2D eigenvalue weighted by atomic mass is 9.86. The molecule has 7 heteroatoms. The van der Waals surface area contributed by atoms with Crippen LogP contribution in [0.5, 0.6) is 11.5 Å². The fourth-order valence-electron chi connectivity index (χ4n) is 3.81. The topological polar surface area (TPSA) is 77.7 Å². The molecule has 1 aromatic carbocycles. The second-order valence-electron chi connectivity index (χ2n) is 7.36. The predicted octanol–water partition coefficient (Wildman–Crippen LogP) is 3.55. The van der Waals surface area contributed by atoms with Crippen LogP contribution < -0.4 is 15.2 Å². The summed E-state index contributed by atoms with van der Waals surface area (Å²) in [5.74, 6) is 2.22. The first kappa shape index (κ1) is 18.3. The highest BCUT2D eigenvalue weighted by molar-refractivity contribution is 7.09. The van der Waals surface area contributed by atoms with Gasteiger partial charge in [0.2, 0.25) is 6.79 Å². The van der Waals surface area contributed by atoms with Crippen LogP contribution in [0.15, 0.2) is 23.6 Å². The zero-order chi connectivity index (χ0) is 18.8. The first-order valence-electron chi connectivity index (χ1n) is 9.48. The number of carbonyl (C=O) groups excluding carboxylic acids is 1. The number of carbonyl (C=O) groups is 1. The molecule has 2 aliphatic rings. The third-order valence-corrected chi connectivity index (χ3v) is 6.29. The number of thiazole rings is 1. The van der Waals surface area contributed by atoms with E-state index in [1.165, 1.54) is 11.3 Å². The number of hydrogen-bond donors (Lipinski definition) is 1. The van der Waals surface area contributed by atoms with Gasteiger partial charge >= 0.3 is 0 Å². The van der Waals surface area contributed by atoms with Gasteiger partial charge in [0, 0.05) is 24.5 Å². The van der Waals surface area contributed by atoms with E-state index in [0.717, 1.165) is 53.7 Å². The van der Waals surface area contributed by atoms with E-state index in [1.54, 1.807) is 0 Å². The molecule has 1 aliphatic carbocycles. The van der Waals surface area contributed by atoms with Crippen molar-refractivity contribution in [3.05, 3.63) is 39.8 Å². The molecule has 1 aliphatic heterocycles. The maximum absolute atomic E-state index is 13.3. The van der Waals surface area contributed by atoms with Gasteiger partial charge in [-0.2, -0.15) is 0 Å². The average molecular weight is 388 g/mol. The SMILES string of the molecule is CC1CCC(N(Cc2ccc3c(c2)OCO3)C(=O)c2csc(CN)n2)CC1. The van der Waals surface area contributed by atoms with Crippen LogP contribution in [0.3, 0.4) is 0 Å². The molecule has 1 fully saturated rings. The molecule has 0 spiro atoms. The van der Waals surface area contributed by atoms with Crippen LogP contribution in [-0.4, -0.2) is 28.6 Å². The first-order chi connectivity index (χ1) is 13.1.